The molecule has 0 spiro atoms. The lowest BCUT2D eigenvalue weighted by molar-refractivity contribution is 0.0724. The minimum atomic E-state index is 0.00681. The molecule has 5 heteroatoms. The minimum absolute atomic E-state index is 0.00681. The van der Waals surface area contributed by atoms with E-state index in [2.05, 4.69) is 0 Å². The van der Waals surface area contributed by atoms with E-state index in [4.69, 9.17) is 15.2 Å². The number of methoxy groups -OCH3 is 2. The zero-order valence-corrected chi connectivity index (χ0v) is 11.4. The summed E-state index contributed by atoms with van der Waals surface area (Å²) in [5, 5.41) is 0. The first-order valence-corrected chi connectivity index (χ1v) is 6.48. The molecule has 0 atom stereocenters. The van der Waals surface area contributed by atoms with Gasteiger partial charge < -0.3 is 20.1 Å². The Morgan fingerprint density at radius 3 is 2.42 bits per heavy atom. The predicted octanol–water partition coefficient (Wildman–Crippen LogP) is 1.91. The molecule has 0 unspecified atom stereocenters. The summed E-state index contributed by atoms with van der Waals surface area (Å²) in [5.41, 5.74) is 6.87. The number of hydrogen-bond donors (Lipinski definition) is 1. The van der Waals surface area contributed by atoms with Crippen LogP contribution in [0.1, 0.15) is 29.6 Å². The van der Waals surface area contributed by atoms with Crippen molar-refractivity contribution < 1.29 is 14.3 Å². The quantitative estimate of drug-likeness (QED) is 0.847. The van der Waals surface area contributed by atoms with Gasteiger partial charge in [-0.05, 0) is 31.4 Å². The zero-order chi connectivity index (χ0) is 13.8. The molecule has 2 rings (SSSR count). The Labute approximate surface area is 113 Å². The number of anilines is 1. The fourth-order valence-electron chi connectivity index (χ4n) is 2.40. The van der Waals surface area contributed by atoms with Gasteiger partial charge in [-0.25, -0.2) is 0 Å². The third kappa shape index (κ3) is 2.75. The third-order valence-electron chi connectivity index (χ3n) is 3.40. The Bertz CT molecular complexity index is 468. The molecule has 1 amide bonds. The molecule has 0 aliphatic carbocycles. The highest BCUT2D eigenvalue weighted by Crippen LogP contribution is 2.35. The largest absolute Gasteiger partial charge is 0.493 e. The number of ether oxygens (including phenoxy) is 2. The van der Waals surface area contributed by atoms with Gasteiger partial charge in [0.25, 0.3) is 5.91 Å². The Balaban J connectivity index is 2.29. The molecule has 0 aromatic heterocycles. The van der Waals surface area contributed by atoms with Crippen LogP contribution < -0.4 is 15.2 Å². The molecule has 1 aromatic carbocycles. The van der Waals surface area contributed by atoms with Crippen molar-refractivity contribution >= 4 is 11.6 Å². The Morgan fingerprint density at radius 2 is 1.84 bits per heavy atom. The number of nitrogen functional groups attached to an aromatic ring is 1. The number of nitrogens with zero attached hydrogens (tertiary/aromatic N) is 1. The lowest BCUT2D eigenvalue weighted by atomic mass is 10.1. The number of likely N-dealkylation sites (tertiary alicyclic amines) is 1. The van der Waals surface area contributed by atoms with Crippen LogP contribution in [0.2, 0.25) is 0 Å². The van der Waals surface area contributed by atoms with Crippen LogP contribution in [0, 0.1) is 0 Å². The van der Waals surface area contributed by atoms with Gasteiger partial charge in [-0.2, -0.15) is 0 Å². The Kier molecular flexibility index (Phi) is 4.14. The zero-order valence-electron chi connectivity index (χ0n) is 11.4. The smallest absolute Gasteiger partial charge is 0.254 e. The van der Waals surface area contributed by atoms with Gasteiger partial charge in [0.05, 0.1) is 19.9 Å². The molecular weight excluding hydrogens is 244 g/mol. The summed E-state index contributed by atoms with van der Waals surface area (Å²) in [4.78, 5) is 14.3. The van der Waals surface area contributed by atoms with E-state index in [1.165, 1.54) is 20.6 Å². The van der Waals surface area contributed by atoms with Crippen LogP contribution >= 0.6 is 0 Å². The van der Waals surface area contributed by atoms with Crippen molar-refractivity contribution in [2.75, 3.05) is 33.0 Å². The summed E-state index contributed by atoms with van der Waals surface area (Å²) in [6, 6.07) is 3.34. The maximum absolute atomic E-state index is 12.4. The normalized spacial score (nSPS) is 15.2. The molecule has 2 N–H and O–H groups in total. The van der Waals surface area contributed by atoms with Crippen molar-refractivity contribution in [2.24, 2.45) is 0 Å². The second kappa shape index (κ2) is 5.82. The van der Waals surface area contributed by atoms with Crippen molar-refractivity contribution in [2.45, 2.75) is 19.3 Å². The summed E-state index contributed by atoms with van der Waals surface area (Å²) in [5.74, 6) is 0.966. The topological polar surface area (TPSA) is 64.8 Å². The standard InChI is InChI=1S/C14H20N2O3/c1-18-12-9-10(8-11(15)13(12)19-2)14(17)16-6-4-3-5-7-16/h8-9H,3-7,15H2,1-2H3. The number of nitrogens with two attached hydrogens (primary N) is 1. The van der Waals surface area contributed by atoms with Crippen LogP contribution in [-0.4, -0.2) is 38.1 Å². The van der Waals surface area contributed by atoms with Gasteiger partial charge in [0.1, 0.15) is 0 Å². The van der Waals surface area contributed by atoms with E-state index >= 15 is 0 Å². The number of piperidine rings is 1. The van der Waals surface area contributed by atoms with Gasteiger partial charge in [0, 0.05) is 18.7 Å². The van der Waals surface area contributed by atoms with E-state index in [1.54, 1.807) is 12.1 Å². The molecule has 1 aromatic rings. The lowest BCUT2D eigenvalue weighted by Crippen LogP contribution is -2.35. The number of benzene rings is 1. The van der Waals surface area contributed by atoms with Gasteiger partial charge in [-0.3, -0.25) is 4.79 Å². The van der Waals surface area contributed by atoms with E-state index in [-0.39, 0.29) is 5.91 Å². The molecule has 1 fully saturated rings. The third-order valence-corrected chi connectivity index (χ3v) is 3.40. The molecule has 0 saturated carbocycles. The van der Waals surface area contributed by atoms with Crippen LogP contribution in [0.5, 0.6) is 11.5 Å². The molecule has 0 bridgehead atoms. The van der Waals surface area contributed by atoms with E-state index in [0.717, 1.165) is 25.9 Å². The Hall–Kier alpha value is -1.91. The fraction of sp³-hybridized carbons (Fsp3) is 0.500. The molecule has 1 heterocycles. The van der Waals surface area contributed by atoms with Crippen molar-refractivity contribution in [3.8, 4) is 11.5 Å². The summed E-state index contributed by atoms with van der Waals surface area (Å²) >= 11 is 0. The molecule has 1 aliphatic heterocycles. The Morgan fingerprint density at radius 1 is 1.16 bits per heavy atom. The SMILES string of the molecule is COc1cc(C(=O)N2CCCCC2)cc(N)c1OC. The number of hydrogen-bond acceptors (Lipinski definition) is 4. The van der Waals surface area contributed by atoms with Crippen LogP contribution in [0.3, 0.4) is 0 Å². The maximum Gasteiger partial charge on any atom is 0.254 e. The van der Waals surface area contributed by atoms with Gasteiger partial charge >= 0.3 is 0 Å². The van der Waals surface area contributed by atoms with Gasteiger partial charge in [0.15, 0.2) is 11.5 Å². The number of rotatable bonds is 3. The molecule has 0 radical (unpaired) electrons. The van der Waals surface area contributed by atoms with Crippen molar-refractivity contribution in [1.29, 1.82) is 0 Å². The van der Waals surface area contributed by atoms with E-state index in [9.17, 15) is 4.79 Å². The highest BCUT2D eigenvalue weighted by molar-refractivity contribution is 5.96. The van der Waals surface area contributed by atoms with Crippen molar-refractivity contribution in [3.63, 3.8) is 0 Å². The molecule has 1 saturated heterocycles. The van der Waals surface area contributed by atoms with Crippen LogP contribution in [0.25, 0.3) is 0 Å². The van der Waals surface area contributed by atoms with Crippen LogP contribution in [0.15, 0.2) is 12.1 Å². The molecule has 5 nitrogen and oxygen atoms in total. The fourth-order valence-corrected chi connectivity index (χ4v) is 2.40. The first kappa shape index (κ1) is 13.5. The maximum atomic E-state index is 12.4. The molecule has 19 heavy (non-hydrogen) atoms. The van der Waals surface area contributed by atoms with E-state index in [0.29, 0.717) is 22.7 Å². The minimum Gasteiger partial charge on any atom is -0.493 e. The molecule has 104 valence electrons. The van der Waals surface area contributed by atoms with E-state index < -0.39 is 0 Å². The molecule has 1 aliphatic rings. The summed E-state index contributed by atoms with van der Waals surface area (Å²) in [6.07, 6.45) is 3.32. The van der Waals surface area contributed by atoms with Crippen molar-refractivity contribution in [1.82, 2.24) is 4.90 Å². The van der Waals surface area contributed by atoms with Gasteiger partial charge in [0.2, 0.25) is 0 Å². The number of amides is 1. The highest BCUT2D eigenvalue weighted by atomic mass is 16.5. The monoisotopic (exact) mass is 264 g/mol. The summed E-state index contributed by atoms with van der Waals surface area (Å²) in [6.45, 7) is 1.63. The second-order valence-electron chi connectivity index (χ2n) is 4.65. The van der Waals surface area contributed by atoms with Crippen LogP contribution in [-0.2, 0) is 0 Å². The average Bonchev–Trinajstić information content (AvgIpc) is 2.46. The average molecular weight is 264 g/mol. The second-order valence-corrected chi connectivity index (χ2v) is 4.65. The van der Waals surface area contributed by atoms with E-state index in [1.807, 2.05) is 4.90 Å². The first-order chi connectivity index (χ1) is 9.17. The number of carbonyl (C=O) groups excluding carboxylic acids is 1. The molecular formula is C14H20N2O3. The van der Waals surface area contributed by atoms with Crippen LogP contribution in [0.4, 0.5) is 5.69 Å². The summed E-state index contributed by atoms with van der Waals surface area (Å²) in [7, 11) is 3.06. The lowest BCUT2D eigenvalue weighted by Gasteiger charge is -2.27. The van der Waals surface area contributed by atoms with Crippen molar-refractivity contribution in [3.05, 3.63) is 17.7 Å². The summed E-state index contributed by atoms with van der Waals surface area (Å²) < 4.78 is 10.4. The first-order valence-electron chi connectivity index (χ1n) is 6.48. The highest BCUT2D eigenvalue weighted by Gasteiger charge is 2.21. The predicted molar refractivity (Wildman–Crippen MR) is 73.7 cm³/mol. The number of carbonyl (C=O) groups is 1. The van der Waals surface area contributed by atoms with Gasteiger partial charge in [-0.1, -0.05) is 0 Å². The van der Waals surface area contributed by atoms with Gasteiger partial charge in [-0.15, -0.1) is 0 Å².